The Labute approximate surface area is 253 Å². The van der Waals surface area contributed by atoms with Gasteiger partial charge in [0.2, 0.25) is 0 Å². The molecule has 0 saturated carbocycles. The van der Waals surface area contributed by atoms with Gasteiger partial charge in [-0.05, 0) is 71.2 Å². The van der Waals surface area contributed by atoms with Gasteiger partial charge in [0.15, 0.2) is 0 Å². The molecule has 4 atom stereocenters. The number of hydrogen-bond donors (Lipinski definition) is 0. The summed E-state index contributed by atoms with van der Waals surface area (Å²) in [5, 5.41) is -0.520. The van der Waals surface area contributed by atoms with E-state index in [1.807, 2.05) is 24.3 Å². The van der Waals surface area contributed by atoms with Gasteiger partial charge in [-0.3, -0.25) is 0 Å². The van der Waals surface area contributed by atoms with Gasteiger partial charge < -0.3 is 9.47 Å². The second-order valence-corrected chi connectivity index (χ2v) is 11.9. The number of hydrogen-bond acceptors (Lipinski definition) is 2. The molecule has 4 unspecified atom stereocenters. The van der Waals surface area contributed by atoms with E-state index in [9.17, 15) is 0 Å². The van der Waals surface area contributed by atoms with Crippen molar-refractivity contribution in [3.8, 4) is 11.5 Å². The topological polar surface area (TPSA) is 18.5 Å². The second-order valence-electron chi connectivity index (χ2n) is 11.0. The highest BCUT2D eigenvalue weighted by molar-refractivity contribution is 6.23. The molecular weight excluding hydrogens is 535 g/mol. The van der Waals surface area contributed by atoms with Crippen LogP contribution in [-0.4, -0.2) is 13.2 Å². The first-order valence-electron chi connectivity index (χ1n) is 15.3. The molecule has 0 N–H and O–H groups in total. The molecule has 0 heterocycles. The van der Waals surface area contributed by atoms with Crippen LogP contribution in [0, 0.1) is 11.8 Å². The molecule has 3 rings (SSSR count). The Bertz CT molecular complexity index is 1030. The van der Waals surface area contributed by atoms with Crippen molar-refractivity contribution >= 4 is 23.2 Å². The zero-order valence-electron chi connectivity index (χ0n) is 24.9. The Morgan fingerprint density at radius 3 is 1.30 bits per heavy atom. The molecule has 0 saturated heterocycles. The summed E-state index contributed by atoms with van der Waals surface area (Å²) in [4.78, 5) is 0. The van der Waals surface area contributed by atoms with Gasteiger partial charge in [-0.25, -0.2) is 0 Å². The van der Waals surface area contributed by atoms with Crippen molar-refractivity contribution in [2.24, 2.45) is 11.8 Å². The van der Waals surface area contributed by atoms with Crippen molar-refractivity contribution in [1.29, 1.82) is 0 Å². The van der Waals surface area contributed by atoms with E-state index in [0.717, 1.165) is 59.8 Å². The molecule has 3 aromatic rings. The first-order valence-corrected chi connectivity index (χ1v) is 16.2. The quantitative estimate of drug-likeness (QED) is 0.139. The summed E-state index contributed by atoms with van der Waals surface area (Å²) in [7, 11) is 0. The van der Waals surface area contributed by atoms with Gasteiger partial charge in [-0.2, -0.15) is 0 Å². The van der Waals surface area contributed by atoms with Gasteiger partial charge in [0.25, 0.3) is 0 Å². The summed E-state index contributed by atoms with van der Waals surface area (Å²) >= 11 is 13.9. The van der Waals surface area contributed by atoms with Gasteiger partial charge in [0.05, 0.1) is 24.0 Å². The highest BCUT2D eigenvalue weighted by atomic mass is 35.5. The zero-order valence-corrected chi connectivity index (χ0v) is 26.4. The van der Waals surface area contributed by atoms with Crippen LogP contribution in [0.2, 0.25) is 0 Å². The number of rotatable bonds is 18. The van der Waals surface area contributed by atoms with Crippen molar-refractivity contribution < 1.29 is 9.47 Å². The average Bonchev–Trinajstić information content (AvgIpc) is 3.01. The molecule has 0 fully saturated rings. The Morgan fingerprint density at radius 2 is 0.950 bits per heavy atom. The van der Waals surface area contributed by atoms with Crippen molar-refractivity contribution in [1.82, 2.24) is 0 Å². The number of unbranched alkanes of at least 4 members (excludes halogenated alkanes) is 2. The maximum absolute atomic E-state index is 6.93. The number of benzene rings is 3. The number of alkyl halides is 2. The molecule has 4 heteroatoms. The van der Waals surface area contributed by atoms with E-state index < -0.39 is 0 Å². The fourth-order valence-corrected chi connectivity index (χ4v) is 5.53. The third-order valence-corrected chi connectivity index (χ3v) is 8.89. The zero-order chi connectivity index (χ0) is 28.7. The maximum Gasteiger partial charge on any atom is 0.119 e. The van der Waals surface area contributed by atoms with E-state index >= 15 is 0 Å². The minimum atomic E-state index is -0.260. The summed E-state index contributed by atoms with van der Waals surface area (Å²) in [6, 6.07) is 24.7. The molecule has 0 aliphatic heterocycles. The summed E-state index contributed by atoms with van der Waals surface area (Å²) in [5.41, 5.74) is 4.14. The normalized spacial score (nSPS) is 14.3. The Kier molecular flexibility index (Phi) is 14.2. The molecule has 40 heavy (non-hydrogen) atoms. The first kappa shape index (κ1) is 32.4. The molecule has 2 nitrogen and oxygen atoms in total. The molecule has 0 aromatic heterocycles. The maximum atomic E-state index is 6.93. The fraction of sp³-hybridized carbons (Fsp3) is 0.500. The first-order chi connectivity index (χ1) is 19.5. The SMILES string of the molecule is CCCCC(CC)COc1cccc(C(Cl)c2ccc(C(Cl)c3cccc(OCC(CC)CCCC)c3)cc2)c1. The molecular formula is C36H48Cl2O2. The molecule has 0 amide bonds. The molecule has 0 radical (unpaired) electrons. The molecule has 0 aliphatic carbocycles. The summed E-state index contributed by atoms with van der Waals surface area (Å²) in [5.74, 6) is 2.96. The van der Waals surface area contributed by atoms with Crippen LogP contribution in [0.25, 0.3) is 0 Å². The lowest BCUT2D eigenvalue weighted by Crippen LogP contribution is -2.11. The van der Waals surface area contributed by atoms with Gasteiger partial charge in [0.1, 0.15) is 11.5 Å². The minimum absolute atomic E-state index is 0.260. The average molecular weight is 584 g/mol. The van der Waals surface area contributed by atoms with Gasteiger partial charge in [-0.1, -0.05) is 115 Å². The van der Waals surface area contributed by atoms with E-state index in [1.54, 1.807) is 0 Å². The minimum Gasteiger partial charge on any atom is -0.493 e. The van der Waals surface area contributed by atoms with Crippen LogP contribution in [0.3, 0.4) is 0 Å². The Hall–Kier alpha value is -2.16. The van der Waals surface area contributed by atoms with Gasteiger partial charge in [0, 0.05) is 0 Å². The standard InChI is InChI=1S/C36H48Cl2O2/c1-5-9-13-27(7-3)25-39-33-17-11-15-31(23-33)35(37)29-19-21-30(22-20-29)36(38)32-16-12-18-34(24-32)40-26-28(8-4)14-10-6-2/h11-12,15-24,27-28,35-36H,5-10,13-14,25-26H2,1-4H3. The summed E-state index contributed by atoms with van der Waals surface area (Å²) in [6.07, 6.45) is 9.67. The highest BCUT2D eigenvalue weighted by Gasteiger charge is 2.16. The van der Waals surface area contributed by atoms with E-state index in [2.05, 4.69) is 76.2 Å². The Morgan fingerprint density at radius 1 is 0.550 bits per heavy atom. The molecule has 218 valence electrons. The van der Waals surface area contributed by atoms with Crippen LogP contribution in [0.5, 0.6) is 11.5 Å². The lowest BCUT2D eigenvalue weighted by atomic mass is 9.99. The largest absolute Gasteiger partial charge is 0.493 e. The lowest BCUT2D eigenvalue weighted by Gasteiger charge is -2.18. The smallest absolute Gasteiger partial charge is 0.119 e. The summed E-state index contributed by atoms with van der Waals surface area (Å²) in [6.45, 7) is 10.5. The molecule has 3 aromatic carbocycles. The van der Waals surface area contributed by atoms with Crippen molar-refractivity contribution in [3.05, 3.63) is 95.1 Å². The monoisotopic (exact) mass is 582 g/mol. The predicted molar refractivity (Wildman–Crippen MR) is 172 cm³/mol. The Balaban J connectivity index is 1.62. The third kappa shape index (κ3) is 10.0. The van der Waals surface area contributed by atoms with Crippen LogP contribution in [0.4, 0.5) is 0 Å². The van der Waals surface area contributed by atoms with E-state index in [-0.39, 0.29) is 10.8 Å². The second kappa shape index (κ2) is 17.6. The van der Waals surface area contributed by atoms with E-state index in [4.69, 9.17) is 32.7 Å². The van der Waals surface area contributed by atoms with Gasteiger partial charge >= 0.3 is 0 Å². The highest BCUT2D eigenvalue weighted by Crippen LogP contribution is 2.35. The number of halogens is 2. The van der Waals surface area contributed by atoms with E-state index in [1.165, 1.54) is 38.5 Å². The van der Waals surface area contributed by atoms with Crippen molar-refractivity contribution in [3.63, 3.8) is 0 Å². The number of ether oxygens (including phenoxy) is 2. The summed E-state index contributed by atoms with van der Waals surface area (Å²) < 4.78 is 12.3. The van der Waals surface area contributed by atoms with E-state index in [0.29, 0.717) is 11.8 Å². The van der Waals surface area contributed by atoms with Crippen molar-refractivity contribution in [2.45, 2.75) is 89.8 Å². The van der Waals surface area contributed by atoms with Crippen LogP contribution < -0.4 is 9.47 Å². The van der Waals surface area contributed by atoms with Gasteiger partial charge in [-0.15, -0.1) is 23.2 Å². The van der Waals surface area contributed by atoms with Crippen molar-refractivity contribution in [2.75, 3.05) is 13.2 Å². The van der Waals surface area contributed by atoms with Crippen LogP contribution >= 0.6 is 23.2 Å². The fourth-order valence-electron chi connectivity index (χ4n) is 4.97. The molecule has 0 spiro atoms. The lowest BCUT2D eigenvalue weighted by molar-refractivity contribution is 0.233. The van der Waals surface area contributed by atoms with Crippen LogP contribution in [0.15, 0.2) is 72.8 Å². The molecule has 0 bridgehead atoms. The van der Waals surface area contributed by atoms with Crippen LogP contribution in [0.1, 0.15) is 112 Å². The predicted octanol–water partition coefficient (Wildman–Crippen LogP) is 11.5. The molecule has 0 aliphatic rings. The van der Waals surface area contributed by atoms with Crippen LogP contribution in [-0.2, 0) is 0 Å². The third-order valence-electron chi connectivity index (χ3n) is 7.88.